The maximum absolute atomic E-state index is 12.8. The van der Waals surface area contributed by atoms with Gasteiger partial charge in [-0.1, -0.05) is 41.9 Å². The smallest absolute Gasteiger partial charge is 0.303 e. The van der Waals surface area contributed by atoms with Crippen LogP contribution in [0.5, 0.6) is 0 Å². The fraction of sp³-hybridized carbons (Fsp3) is 0.333. The Morgan fingerprint density at radius 3 is 2.33 bits per heavy atom. The van der Waals surface area contributed by atoms with Crippen molar-refractivity contribution in [3.63, 3.8) is 0 Å². The number of halogens is 1. The van der Waals surface area contributed by atoms with Crippen molar-refractivity contribution in [1.29, 1.82) is 0 Å². The normalized spacial score (nSPS) is 15.6. The van der Waals surface area contributed by atoms with Crippen LogP contribution in [0.4, 0.5) is 5.69 Å². The summed E-state index contributed by atoms with van der Waals surface area (Å²) in [6, 6.07) is 13.6. The van der Waals surface area contributed by atoms with E-state index in [0.29, 0.717) is 32.6 Å². The highest BCUT2D eigenvalue weighted by atomic mass is 35.5. The molecule has 1 N–H and O–H groups in total. The fourth-order valence-electron chi connectivity index (χ4n) is 3.69. The summed E-state index contributed by atoms with van der Waals surface area (Å²) in [6.45, 7) is 2.11. The summed E-state index contributed by atoms with van der Waals surface area (Å²) in [7, 11) is 0. The first-order valence-electron chi connectivity index (χ1n) is 9.61. The Kier molecular flexibility index (Phi) is 7.02. The van der Waals surface area contributed by atoms with Gasteiger partial charge in [-0.25, -0.2) is 0 Å². The van der Waals surface area contributed by atoms with Crippen LogP contribution in [0.15, 0.2) is 48.5 Å². The molecular formula is C21H22ClN3O5. The SMILES string of the molecule is O=C(O)CC[C@H](c1ccccc1)N1CCN(C(=O)c2ccc([N+](=O)[O-])cc2Cl)CC1. The van der Waals surface area contributed by atoms with Crippen LogP contribution in [0.2, 0.25) is 5.02 Å². The number of nitro benzene ring substituents is 1. The lowest BCUT2D eigenvalue weighted by Crippen LogP contribution is -2.49. The third-order valence-corrected chi connectivity index (χ3v) is 5.56. The van der Waals surface area contributed by atoms with Crippen molar-refractivity contribution in [3.05, 3.63) is 74.8 Å². The lowest BCUT2D eigenvalue weighted by atomic mass is 9.99. The molecule has 0 bridgehead atoms. The molecule has 158 valence electrons. The highest BCUT2D eigenvalue weighted by molar-refractivity contribution is 6.34. The van der Waals surface area contributed by atoms with Gasteiger partial charge in [-0.05, 0) is 18.1 Å². The fourth-order valence-corrected chi connectivity index (χ4v) is 3.95. The zero-order valence-electron chi connectivity index (χ0n) is 16.2. The molecule has 1 saturated heterocycles. The molecule has 0 unspecified atom stereocenters. The first-order valence-corrected chi connectivity index (χ1v) is 9.98. The third-order valence-electron chi connectivity index (χ3n) is 5.25. The van der Waals surface area contributed by atoms with Crippen molar-refractivity contribution in [1.82, 2.24) is 9.80 Å². The van der Waals surface area contributed by atoms with E-state index in [-0.39, 0.29) is 34.6 Å². The number of nitro groups is 1. The van der Waals surface area contributed by atoms with E-state index in [0.717, 1.165) is 5.56 Å². The van der Waals surface area contributed by atoms with E-state index in [9.17, 15) is 19.7 Å². The van der Waals surface area contributed by atoms with E-state index >= 15 is 0 Å². The van der Waals surface area contributed by atoms with Gasteiger partial charge in [0.15, 0.2) is 0 Å². The Hall–Kier alpha value is -2.97. The average Bonchev–Trinajstić information content (AvgIpc) is 2.74. The third kappa shape index (κ3) is 5.14. The second-order valence-corrected chi connectivity index (χ2v) is 7.52. The molecule has 0 saturated carbocycles. The number of carboxylic acids is 1. The number of hydrogen-bond acceptors (Lipinski definition) is 5. The monoisotopic (exact) mass is 431 g/mol. The molecule has 0 aliphatic carbocycles. The van der Waals surface area contributed by atoms with E-state index in [1.165, 1.54) is 18.2 Å². The van der Waals surface area contributed by atoms with Crippen LogP contribution in [0.25, 0.3) is 0 Å². The molecule has 9 heteroatoms. The molecule has 30 heavy (non-hydrogen) atoms. The van der Waals surface area contributed by atoms with Gasteiger partial charge in [0.25, 0.3) is 11.6 Å². The maximum atomic E-state index is 12.8. The Morgan fingerprint density at radius 2 is 1.77 bits per heavy atom. The van der Waals surface area contributed by atoms with Crippen molar-refractivity contribution in [2.45, 2.75) is 18.9 Å². The lowest BCUT2D eigenvalue weighted by molar-refractivity contribution is -0.384. The van der Waals surface area contributed by atoms with Gasteiger partial charge in [-0.15, -0.1) is 0 Å². The molecule has 1 fully saturated rings. The predicted octanol–water partition coefficient (Wildman–Crippen LogP) is 3.61. The number of aliphatic carboxylic acids is 1. The number of nitrogens with zero attached hydrogens (tertiary/aromatic N) is 3. The zero-order valence-corrected chi connectivity index (χ0v) is 17.0. The number of carbonyl (C=O) groups is 2. The quantitative estimate of drug-likeness (QED) is 0.530. The second-order valence-electron chi connectivity index (χ2n) is 7.11. The Labute approximate surface area is 178 Å². The molecule has 1 aliphatic heterocycles. The van der Waals surface area contributed by atoms with Crippen LogP contribution in [0, 0.1) is 10.1 Å². The average molecular weight is 432 g/mol. The molecule has 0 spiro atoms. The van der Waals surface area contributed by atoms with Gasteiger partial charge in [0.2, 0.25) is 0 Å². The summed E-state index contributed by atoms with van der Waals surface area (Å²) in [4.78, 5) is 38.1. The number of carboxylic acid groups (broad SMARTS) is 1. The molecule has 2 aromatic carbocycles. The van der Waals surface area contributed by atoms with Gasteiger partial charge >= 0.3 is 5.97 Å². The number of piperazine rings is 1. The molecule has 8 nitrogen and oxygen atoms in total. The van der Waals surface area contributed by atoms with E-state index in [4.69, 9.17) is 16.7 Å². The highest BCUT2D eigenvalue weighted by Gasteiger charge is 2.29. The minimum Gasteiger partial charge on any atom is -0.481 e. The molecule has 2 aromatic rings. The van der Waals surface area contributed by atoms with Gasteiger partial charge < -0.3 is 10.0 Å². The van der Waals surface area contributed by atoms with E-state index in [1.807, 2.05) is 30.3 Å². The van der Waals surface area contributed by atoms with Crippen molar-refractivity contribution < 1.29 is 19.6 Å². The zero-order chi connectivity index (χ0) is 21.7. The molecular weight excluding hydrogens is 410 g/mol. The Bertz CT molecular complexity index is 929. The van der Waals surface area contributed by atoms with Crippen molar-refractivity contribution in [2.24, 2.45) is 0 Å². The van der Waals surface area contributed by atoms with Crippen molar-refractivity contribution >= 4 is 29.2 Å². The minimum absolute atomic E-state index is 0.0393. The van der Waals surface area contributed by atoms with Crippen molar-refractivity contribution in [2.75, 3.05) is 26.2 Å². The number of non-ortho nitro benzene ring substituents is 1. The summed E-state index contributed by atoms with van der Waals surface area (Å²) >= 11 is 6.10. The van der Waals surface area contributed by atoms with Crippen LogP contribution in [0.1, 0.15) is 34.8 Å². The van der Waals surface area contributed by atoms with E-state index in [2.05, 4.69) is 4.90 Å². The van der Waals surface area contributed by atoms with Gasteiger partial charge in [-0.2, -0.15) is 0 Å². The van der Waals surface area contributed by atoms with Crippen LogP contribution in [0.3, 0.4) is 0 Å². The molecule has 3 rings (SSSR count). The van der Waals surface area contributed by atoms with E-state index < -0.39 is 10.9 Å². The summed E-state index contributed by atoms with van der Waals surface area (Å²) in [5, 5.41) is 20.0. The summed E-state index contributed by atoms with van der Waals surface area (Å²) in [6.07, 6.45) is 0.554. The van der Waals surface area contributed by atoms with Crippen LogP contribution in [-0.2, 0) is 4.79 Å². The van der Waals surface area contributed by atoms with Crippen LogP contribution in [-0.4, -0.2) is 57.9 Å². The van der Waals surface area contributed by atoms with Gasteiger partial charge in [-0.3, -0.25) is 24.6 Å². The molecule has 0 aromatic heterocycles. The largest absolute Gasteiger partial charge is 0.481 e. The van der Waals surface area contributed by atoms with Crippen LogP contribution >= 0.6 is 11.6 Å². The summed E-state index contributed by atoms with van der Waals surface area (Å²) in [5.74, 6) is -1.10. The van der Waals surface area contributed by atoms with Gasteiger partial charge in [0.05, 0.1) is 15.5 Å². The molecule has 1 heterocycles. The van der Waals surface area contributed by atoms with Crippen LogP contribution < -0.4 is 0 Å². The second kappa shape index (κ2) is 9.69. The Morgan fingerprint density at radius 1 is 1.10 bits per heavy atom. The molecule has 1 amide bonds. The summed E-state index contributed by atoms with van der Waals surface area (Å²) < 4.78 is 0. The van der Waals surface area contributed by atoms with E-state index in [1.54, 1.807) is 4.90 Å². The molecule has 1 atom stereocenters. The first-order chi connectivity index (χ1) is 14.4. The lowest BCUT2D eigenvalue weighted by Gasteiger charge is -2.39. The van der Waals surface area contributed by atoms with Gasteiger partial charge in [0.1, 0.15) is 0 Å². The maximum Gasteiger partial charge on any atom is 0.303 e. The number of carbonyl (C=O) groups excluding carboxylic acids is 1. The number of hydrogen-bond donors (Lipinski definition) is 1. The summed E-state index contributed by atoms with van der Waals surface area (Å²) in [5.41, 5.74) is 1.13. The number of benzene rings is 2. The standard InChI is InChI=1S/C21H22ClN3O5/c22-18-14-16(25(29)30)6-7-17(18)21(28)24-12-10-23(11-13-24)19(8-9-20(26)27)15-4-2-1-3-5-15/h1-7,14,19H,8-13H2,(H,26,27)/t19-/m1/s1. The van der Waals surface area contributed by atoms with Gasteiger partial charge in [0, 0.05) is 50.8 Å². The topological polar surface area (TPSA) is 104 Å². The molecule has 0 radical (unpaired) electrons. The van der Waals surface area contributed by atoms with Crippen molar-refractivity contribution in [3.8, 4) is 0 Å². The first kappa shape index (κ1) is 21.7. The number of rotatable bonds is 7. The molecule has 1 aliphatic rings. The Balaban J connectivity index is 1.68. The predicted molar refractivity (Wildman–Crippen MR) is 112 cm³/mol. The highest BCUT2D eigenvalue weighted by Crippen LogP contribution is 2.28. The minimum atomic E-state index is -0.836. The number of amides is 1.